The first kappa shape index (κ1) is 13.0. The summed E-state index contributed by atoms with van der Waals surface area (Å²) in [6.45, 7) is 5.87. The molecule has 2 aliphatic rings. The lowest BCUT2D eigenvalue weighted by molar-refractivity contribution is 0.227. The van der Waals surface area contributed by atoms with E-state index in [1.54, 1.807) is 0 Å². The van der Waals surface area contributed by atoms with Crippen molar-refractivity contribution in [3.8, 4) is 0 Å². The predicted octanol–water partition coefficient (Wildman–Crippen LogP) is 5.76. The SMILES string of the molecule is [2H]/C1=C(\Cl)c2c(c(Cl)c([2H])c3c2CN(C(C)C)C3)CCCCC1. The van der Waals surface area contributed by atoms with Crippen LogP contribution in [0, 0.1) is 0 Å². The minimum atomic E-state index is 0.408. The van der Waals surface area contributed by atoms with Gasteiger partial charge < -0.3 is 0 Å². The summed E-state index contributed by atoms with van der Waals surface area (Å²) < 4.78 is 16.8. The maximum atomic E-state index is 8.48. The van der Waals surface area contributed by atoms with Crippen molar-refractivity contribution in [2.75, 3.05) is 0 Å². The summed E-state index contributed by atoms with van der Waals surface area (Å²) in [6.07, 6.45) is 4.68. The lowest BCUT2D eigenvalue weighted by atomic mass is 9.94. The van der Waals surface area contributed by atoms with E-state index in [1.165, 1.54) is 0 Å². The van der Waals surface area contributed by atoms with E-state index in [4.69, 9.17) is 25.9 Å². The Morgan fingerprint density at radius 2 is 1.95 bits per heavy atom. The van der Waals surface area contributed by atoms with Gasteiger partial charge in [0.05, 0.1) is 2.74 Å². The van der Waals surface area contributed by atoms with Crippen LogP contribution in [0.5, 0.6) is 0 Å². The van der Waals surface area contributed by atoms with Gasteiger partial charge in [0.25, 0.3) is 0 Å². The summed E-state index contributed by atoms with van der Waals surface area (Å²) in [4.78, 5) is 2.33. The van der Waals surface area contributed by atoms with Gasteiger partial charge >= 0.3 is 0 Å². The van der Waals surface area contributed by atoms with Crippen LogP contribution in [0.25, 0.3) is 5.03 Å². The number of nitrogens with zero attached hydrogens (tertiary/aromatic N) is 1. The lowest BCUT2D eigenvalue weighted by Crippen LogP contribution is -2.24. The lowest BCUT2D eigenvalue weighted by Gasteiger charge is -2.19. The number of benzene rings is 1. The molecule has 3 rings (SSSR count). The molecule has 0 fully saturated rings. The van der Waals surface area contributed by atoms with Crippen molar-refractivity contribution in [1.82, 2.24) is 4.90 Å². The third-order valence-electron chi connectivity index (χ3n) is 4.55. The van der Waals surface area contributed by atoms with Crippen LogP contribution in [0.2, 0.25) is 5.02 Å². The van der Waals surface area contributed by atoms with Crippen LogP contribution in [0.1, 0.15) is 64.5 Å². The molecule has 0 atom stereocenters. The minimum absolute atomic E-state index is 0.408. The van der Waals surface area contributed by atoms with Gasteiger partial charge in [-0.3, -0.25) is 4.90 Å². The number of fused-ring (bicyclic) bond motifs is 3. The Hall–Kier alpha value is -0.500. The van der Waals surface area contributed by atoms with Crippen molar-refractivity contribution in [2.45, 2.75) is 65.1 Å². The molecule has 1 nitrogen and oxygen atoms in total. The van der Waals surface area contributed by atoms with E-state index in [1.807, 2.05) is 0 Å². The first-order valence-corrected chi connectivity index (χ1v) is 8.59. The van der Waals surface area contributed by atoms with Gasteiger partial charge in [0.15, 0.2) is 0 Å². The molecule has 0 N–H and O–H groups in total. The standard InChI is InChI=1S/C18H23Cl2N/c1-12(2)21-10-13-9-17(20)14-7-5-3-4-6-8-16(19)18(14)15(13)11-21/h8-9,12H,3-7,10-11H2,1-2H3/b16-8+/i8D,9D. The molecular formula is C18H23Cl2N. The smallest absolute Gasteiger partial charge is 0.0642 e. The van der Waals surface area contributed by atoms with Gasteiger partial charge in [0, 0.05) is 34.7 Å². The van der Waals surface area contributed by atoms with Crippen LogP contribution in [0.3, 0.4) is 0 Å². The molecule has 0 amide bonds. The van der Waals surface area contributed by atoms with E-state index in [2.05, 4.69) is 18.7 Å². The molecule has 114 valence electrons. The van der Waals surface area contributed by atoms with Crippen molar-refractivity contribution < 1.29 is 2.74 Å². The zero-order chi connectivity index (χ0) is 16.7. The molecule has 0 saturated carbocycles. The van der Waals surface area contributed by atoms with Gasteiger partial charge in [0.1, 0.15) is 0 Å². The number of halogens is 2. The first-order valence-electron chi connectivity index (χ1n) is 8.84. The number of hydrogen-bond donors (Lipinski definition) is 0. The normalized spacial score (nSPS) is 24.8. The van der Waals surface area contributed by atoms with Crippen molar-refractivity contribution in [1.29, 1.82) is 0 Å². The molecule has 1 aliphatic carbocycles. The second-order valence-electron chi connectivity index (χ2n) is 6.30. The number of allylic oxidation sites excluding steroid dienone is 1. The van der Waals surface area contributed by atoms with Crippen LogP contribution in [-0.4, -0.2) is 10.9 Å². The second-order valence-corrected chi connectivity index (χ2v) is 7.06. The molecule has 1 aliphatic heterocycles. The van der Waals surface area contributed by atoms with E-state index >= 15 is 0 Å². The highest BCUT2D eigenvalue weighted by atomic mass is 35.5. The third-order valence-corrected chi connectivity index (χ3v) is 5.19. The fraction of sp³-hybridized carbons (Fsp3) is 0.556. The molecule has 0 spiro atoms. The Morgan fingerprint density at radius 1 is 1.14 bits per heavy atom. The molecule has 0 bridgehead atoms. The van der Waals surface area contributed by atoms with Crippen molar-refractivity contribution in [3.05, 3.63) is 39.4 Å². The molecular weight excluding hydrogens is 301 g/mol. The van der Waals surface area contributed by atoms with Gasteiger partial charge in [0.2, 0.25) is 0 Å². The monoisotopic (exact) mass is 325 g/mol. The van der Waals surface area contributed by atoms with Crippen LogP contribution in [0.4, 0.5) is 0 Å². The molecule has 1 aromatic carbocycles. The molecule has 0 saturated heterocycles. The molecule has 0 unspecified atom stereocenters. The highest BCUT2D eigenvalue weighted by Crippen LogP contribution is 2.40. The van der Waals surface area contributed by atoms with E-state index in [0.717, 1.165) is 67.4 Å². The maximum Gasteiger partial charge on any atom is 0.0642 e. The highest BCUT2D eigenvalue weighted by molar-refractivity contribution is 6.49. The molecule has 0 radical (unpaired) electrons. The van der Waals surface area contributed by atoms with Crippen molar-refractivity contribution >= 4 is 28.2 Å². The van der Waals surface area contributed by atoms with Crippen molar-refractivity contribution in [2.24, 2.45) is 0 Å². The average molecular weight is 326 g/mol. The maximum absolute atomic E-state index is 8.48. The Bertz CT molecular complexity index is 668. The van der Waals surface area contributed by atoms with Crippen LogP contribution < -0.4 is 0 Å². The predicted molar refractivity (Wildman–Crippen MR) is 91.8 cm³/mol. The third kappa shape index (κ3) is 3.02. The van der Waals surface area contributed by atoms with Crippen LogP contribution in [0.15, 0.2) is 12.1 Å². The second kappa shape index (κ2) is 6.32. The molecule has 0 aromatic heterocycles. The van der Waals surface area contributed by atoms with Gasteiger partial charge in [-0.1, -0.05) is 35.7 Å². The van der Waals surface area contributed by atoms with E-state index < -0.39 is 0 Å². The van der Waals surface area contributed by atoms with E-state index in [0.29, 0.717) is 28.2 Å². The minimum Gasteiger partial charge on any atom is -0.292 e. The molecule has 3 heteroatoms. The van der Waals surface area contributed by atoms with E-state index in [9.17, 15) is 0 Å². The Kier molecular flexibility index (Phi) is 3.91. The summed E-state index contributed by atoms with van der Waals surface area (Å²) in [6, 6.07) is 1.37. The fourth-order valence-corrected chi connectivity index (χ4v) is 3.88. The highest BCUT2D eigenvalue weighted by Gasteiger charge is 2.27. The molecule has 1 aromatic rings. The topological polar surface area (TPSA) is 3.24 Å². The fourth-order valence-electron chi connectivity index (χ4n) is 3.25. The average Bonchev–Trinajstić information content (AvgIpc) is 2.97. The zero-order valence-corrected chi connectivity index (χ0v) is 14.2. The summed E-state index contributed by atoms with van der Waals surface area (Å²) in [5.41, 5.74) is 4.06. The van der Waals surface area contributed by atoms with Crippen LogP contribution >= 0.6 is 23.2 Å². The quantitative estimate of drug-likeness (QED) is 0.634. The number of rotatable bonds is 1. The largest absolute Gasteiger partial charge is 0.292 e. The van der Waals surface area contributed by atoms with Crippen molar-refractivity contribution in [3.63, 3.8) is 0 Å². The van der Waals surface area contributed by atoms with Gasteiger partial charge in [-0.05, 0) is 62.3 Å². The Labute approximate surface area is 140 Å². The van der Waals surface area contributed by atoms with Crippen LogP contribution in [-0.2, 0) is 19.5 Å². The number of hydrogen-bond acceptors (Lipinski definition) is 1. The van der Waals surface area contributed by atoms with Gasteiger partial charge in [-0.25, -0.2) is 0 Å². The molecule has 21 heavy (non-hydrogen) atoms. The van der Waals surface area contributed by atoms with Gasteiger partial charge in [-0.2, -0.15) is 0 Å². The Morgan fingerprint density at radius 3 is 2.71 bits per heavy atom. The first-order chi connectivity index (χ1) is 10.9. The summed E-state index contributed by atoms with van der Waals surface area (Å²) in [7, 11) is 0. The Balaban J connectivity index is 2.24. The zero-order valence-electron chi connectivity index (χ0n) is 14.7. The summed E-state index contributed by atoms with van der Waals surface area (Å²) in [5.74, 6) is 0. The summed E-state index contributed by atoms with van der Waals surface area (Å²) in [5, 5.41) is 1.09. The van der Waals surface area contributed by atoms with Gasteiger partial charge in [-0.15, -0.1) is 0 Å². The van der Waals surface area contributed by atoms with E-state index in [-0.39, 0.29) is 0 Å². The summed E-state index contributed by atoms with van der Waals surface area (Å²) >= 11 is 13.2. The molecule has 1 heterocycles.